The van der Waals surface area contributed by atoms with Crippen LogP contribution in [0.15, 0.2) is 59.2 Å². The number of hydrogen-bond acceptors (Lipinski definition) is 1. The molecule has 0 saturated heterocycles. The number of benzene rings is 2. The zero-order valence-electron chi connectivity index (χ0n) is 10.5. The Kier molecular flexibility index (Phi) is 3.67. The molecule has 1 heterocycles. The molecule has 2 N–H and O–H groups in total. The Hall–Kier alpha value is -1.58. The van der Waals surface area contributed by atoms with Gasteiger partial charge in [-0.15, -0.1) is 0 Å². The normalized spacial score (nSPS) is 11.0. The first kappa shape index (κ1) is 12.5. The molecule has 0 radical (unpaired) electrons. The summed E-state index contributed by atoms with van der Waals surface area (Å²) < 4.78 is 1.12. The molecule has 0 aliphatic carbocycles. The molecule has 3 aromatic rings. The van der Waals surface area contributed by atoms with Crippen molar-refractivity contribution in [3.8, 4) is 0 Å². The summed E-state index contributed by atoms with van der Waals surface area (Å²) in [6.45, 7) is 1.76. The first-order valence-corrected chi connectivity index (χ1v) is 7.12. The van der Waals surface area contributed by atoms with Gasteiger partial charge in [-0.05, 0) is 40.8 Å². The van der Waals surface area contributed by atoms with Crippen LogP contribution in [0.25, 0.3) is 10.9 Å². The molecule has 2 aromatic carbocycles. The van der Waals surface area contributed by atoms with E-state index in [9.17, 15) is 0 Å². The topological polar surface area (TPSA) is 27.8 Å². The molecule has 0 amide bonds. The van der Waals surface area contributed by atoms with Crippen LogP contribution in [0, 0.1) is 0 Å². The van der Waals surface area contributed by atoms with Gasteiger partial charge in [-0.1, -0.05) is 40.2 Å². The maximum atomic E-state index is 3.47. The minimum absolute atomic E-state index is 0.880. The fourth-order valence-corrected chi connectivity index (χ4v) is 2.42. The van der Waals surface area contributed by atoms with Gasteiger partial charge < -0.3 is 10.3 Å². The SMILES string of the molecule is Brc1ccc(CNCc2ccc3cc[nH]c3c2)cc1. The summed E-state index contributed by atoms with van der Waals surface area (Å²) in [6, 6.07) is 17.0. The third-order valence-electron chi connectivity index (χ3n) is 3.19. The molecule has 0 saturated carbocycles. The highest BCUT2D eigenvalue weighted by molar-refractivity contribution is 9.10. The van der Waals surface area contributed by atoms with E-state index in [1.807, 2.05) is 6.20 Å². The van der Waals surface area contributed by atoms with Crippen molar-refractivity contribution in [3.63, 3.8) is 0 Å². The fraction of sp³-hybridized carbons (Fsp3) is 0.125. The lowest BCUT2D eigenvalue weighted by Gasteiger charge is -2.05. The maximum absolute atomic E-state index is 3.47. The molecular formula is C16H15BrN2. The number of fused-ring (bicyclic) bond motifs is 1. The van der Waals surface area contributed by atoms with E-state index in [1.54, 1.807) is 0 Å². The molecule has 19 heavy (non-hydrogen) atoms. The zero-order chi connectivity index (χ0) is 13.1. The largest absolute Gasteiger partial charge is 0.361 e. The highest BCUT2D eigenvalue weighted by Gasteiger charge is 1.98. The van der Waals surface area contributed by atoms with E-state index in [0.29, 0.717) is 0 Å². The van der Waals surface area contributed by atoms with Crippen molar-refractivity contribution in [2.45, 2.75) is 13.1 Å². The number of halogens is 1. The molecule has 1 aromatic heterocycles. The van der Waals surface area contributed by atoms with Crippen LogP contribution < -0.4 is 5.32 Å². The second-order valence-electron chi connectivity index (χ2n) is 4.63. The maximum Gasteiger partial charge on any atom is 0.0457 e. The molecular weight excluding hydrogens is 300 g/mol. The van der Waals surface area contributed by atoms with Crippen LogP contribution in [0.4, 0.5) is 0 Å². The summed E-state index contributed by atoms with van der Waals surface area (Å²) in [5, 5.41) is 4.73. The Morgan fingerprint density at radius 2 is 1.63 bits per heavy atom. The Balaban J connectivity index is 1.61. The van der Waals surface area contributed by atoms with Gasteiger partial charge in [0.15, 0.2) is 0 Å². The fourth-order valence-electron chi connectivity index (χ4n) is 2.16. The second kappa shape index (κ2) is 5.59. The molecule has 3 heteroatoms. The van der Waals surface area contributed by atoms with Crippen LogP contribution in [0.2, 0.25) is 0 Å². The van der Waals surface area contributed by atoms with Crippen LogP contribution in [0.1, 0.15) is 11.1 Å². The molecule has 0 fully saturated rings. The standard InChI is InChI=1S/C16H15BrN2/c17-15-5-2-12(3-6-15)10-18-11-13-1-4-14-7-8-19-16(14)9-13/h1-9,18-19H,10-11H2. The van der Waals surface area contributed by atoms with Crippen molar-refractivity contribution in [2.24, 2.45) is 0 Å². The lowest BCUT2D eigenvalue weighted by molar-refractivity contribution is 0.694. The van der Waals surface area contributed by atoms with Crippen molar-refractivity contribution in [1.29, 1.82) is 0 Å². The van der Waals surface area contributed by atoms with Gasteiger partial charge in [0.25, 0.3) is 0 Å². The van der Waals surface area contributed by atoms with E-state index in [4.69, 9.17) is 0 Å². The molecule has 2 nitrogen and oxygen atoms in total. The number of aromatic nitrogens is 1. The quantitative estimate of drug-likeness (QED) is 0.741. The van der Waals surface area contributed by atoms with E-state index in [-0.39, 0.29) is 0 Å². The number of nitrogens with one attached hydrogen (secondary N) is 2. The van der Waals surface area contributed by atoms with Gasteiger partial charge in [-0.2, -0.15) is 0 Å². The monoisotopic (exact) mass is 314 g/mol. The van der Waals surface area contributed by atoms with E-state index in [0.717, 1.165) is 17.6 Å². The van der Waals surface area contributed by atoms with Crippen LogP contribution in [-0.4, -0.2) is 4.98 Å². The van der Waals surface area contributed by atoms with Crippen molar-refractivity contribution in [3.05, 3.63) is 70.3 Å². The molecule has 0 aliphatic heterocycles. The Bertz CT molecular complexity index is 671. The number of H-pyrrole nitrogens is 1. The molecule has 0 aliphatic rings. The molecule has 3 rings (SSSR count). The van der Waals surface area contributed by atoms with Crippen molar-refractivity contribution in [2.75, 3.05) is 0 Å². The summed E-state index contributed by atoms with van der Waals surface area (Å²) in [7, 11) is 0. The number of rotatable bonds is 4. The summed E-state index contributed by atoms with van der Waals surface area (Å²) in [4.78, 5) is 3.24. The van der Waals surface area contributed by atoms with Crippen LogP contribution >= 0.6 is 15.9 Å². The molecule has 0 unspecified atom stereocenters. The molecule has 0 spiro atoms. The van der Waals surface area contributed by atoms with Crippen LogP contribution in [-0.2, 0) is 13.1 Å². The van der Waals surface area contributed by atoms with E-state index in [1.165, 1.54) is 22.0 Å². The van der Waals surface area contributed by atoms with E-state index < -0.39 is 0 Å². The number of hydrogen-bond donors (Lipinski definition) is 2. The van der Waals surface area contributed by atoms with Gasteiger partial charge in [-0.3, -0.25) is 0 Å². The summed E-state index contributed by atoms with van der Waals surface area (Å²) >= 11 is 3.45. The van der Waals surface area contributed by atoms with Gasteiger partial charge >= 0.3 is 0 Å². The molecule has 0 atom stereocenters. The van der Waals surface area contributed by atoms with Crippen molar-refractivity contribution in [1.82, 2.24) is 10.3 Å². The first-order chi connectivity index (χ1) is 9.31. The Morgan fingerprint density at radius 3 is 2.47 bits per heavy atom. The summed E-state index contributed by atoms with van der Waals surface area (Å²) in [5.41, 5.74) is 3.79. The van der Waals surface area contributed by atoms with Crippen LogP contribution in [0.3, 0.4) is 0 Å². The van der Waals surface area contributed by atoms with Crippen LogP contribution in [0.5, 0.6) is 0 Å². The lowest BCUT2D eigenvalue weighted by Crippen LogP contribution is -2.12. The highest BCUT2D eigenvalue weighted by Crippen LogP contribution is 2.14. The van der Waals surface area contributed by atoms with E-state index in [2.05, 4.69) is 74.8 Å². The first-order valence-electron chi connectivity index (χ1n) is 6.32. The zero-order valence-corrected chi connectivity index (χ0v) is 12.1. The molecule has 96 valence electrons. The minimum Gasteiger partial charge on any atom is -0.361 e. The predicted molar refractivity (Wildman–Crippen MR) is 83.0 cm³/mol. The van der Waals surface area contributed by atoms with Gasteiger partial charge in [0.1, 0.15) is 0 Å². The van der Waals surface area contributed by atoms with Crippen molar-refractivity contribution < 1.29 is 0 Å². The third-order valence-corrected chi connectivity index (χ3v) is 3.72. The van der Waals surface area contributed by atoms with Gasteiger partial charge in [-0.25, -0.2) is 0 Å². The van der Waals surface area contributed by atoms with Crippen molar-refractivity contribution >= 4 is 26.8 Å². The predicted octanol–water partition coefficient (Wildman–Crippen LogP) is 4.22. The van der Waals surface area contributed by atoms with Gasteiger partial charge in [0, 0.05) is 29.3 Å². The van der Waals surface area contributed by atoms with Gasteiger partial charge in [0.05, 0.1) is 0 Å². The lowest BCUT2D eigenvalue weighted by atomic mass is 10.1. The minimum atomic E-state index is 0.880. The molecule has 0 bridgehead atoms. The summed E-state index contributed by atoms with van der Waals surface area (Å²) in [6.07, 6.45) is 1.98. The Morgan fingerprint density at radius 1 is 0.895 bits per heavy atom. The number of aromatic amines is 1. The third kappa shape index (κ3) is 3.06. The average molecular weight is 315 g/mol. The highest BCUT2D eigenvalue weighted by atomic mass is 79.9. The second-order valence-corrected chi connectivity index (χ2v) is 5.54. The Labute approximate surface area is 121 Å². The van der Waals surface area contributed by atoms with Gasteiger partial charge in [0.2, 0.25) is 0 Å². The summed E-state index contributed by atoms with van der Waals surface area (Å²) in [5.74, 6) is 0. The smallest absolute Gasteiger partial charge is 0.0457 e. The van der Waals surface area contributed by atoms with E-state index >= 15 is 0 Å². The average Bonchev–Trinajstić information content (AvgIpc) is 2.88.